The summed E-state index contributed by atoms with van der Waals surface area (Å²) in [7, 11) is 5.71. The Hall–Kier alpha value is -1.78. The molecule has 3 nitrogen and oxygen atoms in total. The van der Waals surface area contributed by atoms with Gasteiger partial charge in [-0.15, -0.1) is 0 Å². The SMILES string of the molecule is C=CC[N@+]1(C)CCc2cc(OC)c(OC)cc2[C@H]1c1ccccc1.[Br-]. The van der Waals surface area contributed by atoms with Crippen molar-refractivity contribution >= 4 is 0 Å². The molecule has 0 saturated heterocycles. The molecular formula is C21H26BrNO2. The van der Waals surface area contributed by atoms with Crippen molar-refractivity contribution in [1.82, 2.24) is 0 Å². The number of likely N-dealkylation sites (N-methyl/N-ethyl adjacent to an activating group) is 1. The summed E-state index contributed by atoms with van der Waals surface area (Å²) in [4.78, 5) is 0. The van der Waals surface area contributed by atoms with E-state index in [-0.39, 0.29) is 23.0 Å². The van der Waals surface area contributed by atoms with Crippen LogP contribution >= 0.6 is 0 Å². The van der Waals surface area contributed by atoms with Gasteiger partial charge in [0.25, 0.3) is 0 Å². The maximum atomic E-state index is 5.56. The van der Waals surface area contributed by atoms with Gasteiger partial charge in [0.1, 0.15) is 6.04 Å². The van der Waals surface area contributed by atoms with Gasteiger partial charge < -0.3 is 30.9 Å². The van der Waals surface area contributed by atoms with Gasteiger partial charge in [0.2, 0.25) is 0 Å². The zero-order valence-electron chi connectivity index (χ0n) is 15.2. The van der Waals surface area contributed by atoms with Gasteiger partial charge in [0.15, 0.2) is 11.5 Å². The quantitative estimate of drug-likeness (QED) is 0.547. The molecule has 0 aliphatic carbocycles. The molecule has 2 atom stereocenters. The van der Waals surface area contributed by atoms with Crippen molar-refractivity contribution in [3.8, 4) is 11.5 Å². The summed E-state index contributed by atoms with van der Waals surface area (Å²) in [6, 6.07) is 15.3. The Labute approximate surface area is 161 Å². The minimum absolute atomic E-state index is 0. The van der Waals surface area contributed by atoms with Gasteiger partial charge in [-0.05, 0) is 23.8 Å². The maximum Gasteiger partial charge on any atom is 0.161 e. The minimum Gasteiger partial charge on any atom is -1.00 e. The number of fused-ring (bicyclic) bond motifs is 1. The molecule has 25 heavy (non-hydrogen) atoms. The second-order valence-corrected chi connectivity index (χ2v) is 6.64. The zero-order valence-corrected chi connectivity index (χ0v) is 16.8. The molecule has 2 aromatic rings. The van der Waals surface area contributed by atoms with Crippen LogP contribution in [0.2, 0.25) is 0 Å². The molecule has 1 aliphatic heterocycles. The Morgan fingerprint density at radius 2 is 1.76 bits per heavy atom. The van der Waals surface area contributed by atoms with Crippen molar-refractivity contribution in [3.05, 3.63) is 71.8 Å². The lowest BCUT2D eigenvalue weighted by Crippen LogP contribution is -3.00. The first-order valence-corrected chi connectivity index (χ1v) is 8.38. The fourth-order valence-electron chi connectivity index (χ4n) is 3.91. The van der Waals surface area contributed by atoms with E-state index in [0.717, 1.165) is 35.5 Å². The van der Waals surface area contributed by atoms with Gasteiger partial charge in [0, 0.05) is 17.5 Å². The summed E-state index contributed by atoms with van der Waals surface area (Å²) in [5.74, 6) is 1.60. The number of ether oxygens (including phenoxy) is 2. The molecule has 0 N–H and O–H groups in total. The summed E-state index contributed by atoms with van der Waals surface area (Å²) < 4.78 is 12.0. The number of methoxy groups -OCH3 is 2. The molecule has 4 heteroatoms. The molecule has 1 aliphatic rings. The van der Waals surface area contributed by atoms with E-state index in [9.17, 15) is 0 Å². The summed E-state index contributed by atoms with van der Waals surface area (Å²) >= 11 is 0. The van der Waals surface area contributed by atoms with Crippen LogP contribution < -0.4 is 26.5 Å². The average Bonchev–Trinajstić information content (AvgIpc) is 2.61. The maximum absolute atomic E-state index is 5.56. The van der Waals surface area contributed by atoms with Crippen molar-refractivity contribution in [2.75, 3.05) is 34.4 Å². The number of benzene rings is 2. The van der Waals surface area contributed by atoms with Crippen molar-refractivity contribution in [2.24, 2.45) is 0 Å². The van der Waals surface area contributed by atoms with E-state index >= 15 is 0 Å². The highest BCUT2D eigenvalue weighted by molar-refractivity contribution is 5.50. The van der Waals surface area contributed by atoms with Crippen LogP contribution in [0, 0.1) is 0 Å². The first-order valence-electron chi connectivity index (χ1n) is 8.38. The first-order chi connectivity index (χ1) is 11.6. The van der Waals surface area contributed by atoms with Gasteiger partial charge in [-0.3, -0.25) is 0 Å². The molecule has 2 aromatic carbocycles. The van der Waals surface area contributed by atoms with Crippen LogP contribution in [0.5, 0.6) is 11.5 Å². The highest BCUT2D eigenvalue weighted by Gasteiger charge is 2.40. The molecule has 0 bridgehead atoms. The lowest BCUT2D eigenvalue weighted by molar-refractivity contribution is -0.930. The van der Waals surface area contributed by atoms with Crippen molar-refractivity contribution in [3.63, 3.8) is 0 Å². The Morgan fingerprint density at radius 1 is 1.12 bits per heavy atom. The van der Waals surface area contributed by atoms with Gasteiger partial charge in [-0.2, -0.15) is 0 Å². The van der Waals surface area contributed by atoms with E-state index in [0.29, 0.717) is 0 Å². The van der Waals surface area contributed by atoms with Crippen molar-refractivity contribution in [2.45, 2.75) is 12.5 Å². The topological polar surface area (TPSA) is 18.5 Å². The van der Waals surface area contributed by atoms with E-state index in [1.54, 1.807) is 14.2 Å². The van der Waals surface area contributed by atoms with Crippen LogP contribution in [0.15, 0.2) is 55.1 Å². The van der Waals surface area contributed by atoms with E-state index in [1.807, 2.05) is 6.08 Å². The largest absolute Gasteiger partial charge is 1.00 e. The first kappa shape index (κ1) is 19.5. The summed E-state index contributed by atoms with van der Waals surface area (Å²) in [5, 5.41) is 0. The predicted molar refractivity (Wildman–Crippen MR) is 97.7 cm³/mol. The molecule has 0 saturated carbocycles. The lowest BCUT2D eigenvalue weighted by atomic mass is 9.85. The van der Waals surface area contributed by atoms with Crippen molar-refractivity contribution in [1.29, 1.82) is 0 Å². The smallest absolute Gasteiger partial charge is 0.161 e. The van der Waals surface area contributed by atoms with Gasteiger partial charge in [0.05, 0.1) is 34.4 Å². The van der Waals surface area contributed by atoms with Crippen LogP contribution in [0.4, 0.5) is 0 Å². The number of nitrogens with zero attached hydrogens (tertiary/aromatic N) is 1. The second kappa shape index (κ2) is 8.07. The Kier molecular flexibility index (Phi) is 6.31. The molecule has 0 aromatic heterocycles. The second-order valence-electron chi connectivity index (χ2n) is 6.64. The van der Waals surface area contributed by atoms with Crippen LogP contribution in [0.3, 0.4) is 0 Å². The number of halogens is 1. The lowest BCUT2D eigenvalue weighted by Gasteiger charge is -2.45. The third kappa shape index (κ3) is 3.60. The monoisotopic (exact) mass is 403 g/mol. The summed E-state index contributed by atoms with van der Waals surface area (Å²) in [5.41, 5.74) is 4.01. The fourth-order valence-corrected chi connectivity index (χ4v) is 3.91. The Bertz CT molecular complexity index is 732. The minimum atomic E-state index is 0. The summed E-state index contributed by atoms with van der Waals surface area (Å²) in [6.45, 7) is 6.00. The molecule has 0 amide bonds. The van der Waals surface area contributed by atoms with E-state index in [1.165, 1.54) is 16.7 Å². The van der Waals surface area contributed by atoms with Crippen LogP contribution in [-0.2, 0) is 6.42 Å². The van der Waals surface area contributed by atoms with Crippen LogP contribution in [-0.4, -0.2) is 38.8 Å². The highest BCUT2D eigenvalue weighted by Crippen LogP contribution is 2.43. The van der Waals surface area contributed by atoms with E-state index < -0.39 is 0 Å². The highest BCUT2D eigenvalue weighted by atomic mass is 79.9. The number of rotatable bonds is 5. The van der Waals surface area contributed by atoms with E-state index in [4.69, 9.17) is 9.47 Å². The number of quaternary nitrogens is 1. The fraction of sp³-hybridized carbons (Fsp3) is 0.333. The molecule has 1 heterocycles. The standard InChI is InChI=1S/C21H26NO2.BrH/c1-5-12-22(2)13-11-17-14-19(23-3)20(24-4)15-18(17)21(22)16-9-7-6-8-10-16;/h5-10,14-15,21H,1,11-13H2,2-4H3;1H/q+1;/p-1/t21-,22-;/m1./s1. The molecular weight excluding hydrogens is 378 g/mol. The normalized spacial score (nSPS) is 21.6. The third-order valence-electron chi connectivity index (χ3n) is 5.12. The van der Waals surface area contributed by atoms with Gasteiger partial charge in [-0.25, -0.2) is 0 Å². The molecule has 0 unspecified atom stereocenters. The van der Waals surface area contributed by atoms with Crippen LogP contribution in [0.1, 0.15) is 22.7 Å². The molecule has 0 spiro atoms. The Balaban J connectivity index is 0.00000225. The Morgan fingerprint density at radius 3 is 2.36 bits per heavy atom. The molecule has 3 rings (SSSR count). The van der Waals surface area contributed by atoms with Crippen molar-refractivity contribution < 1.29 is 30.9 Å². The molecule has 0 radical (unpaired) electrons. The third-order valence-corrected chi connectivity index (χ3v) is 5.12. The number of hydrogen-bond donors (Lipinski definition) is 0. The van der Waals surface area contributed by atoms with Gasteiger partial charge in [-0.1, -0.05) is 36.9 Å². The molecule has 0 fully saturated rings. The summed E-state index contributed by atoms with van der Waals surface area (Å²) in [6.07, 6.45) is 3.06. The average molecular weight is 404 g/mol. The number of hydrogen-bond acceptors (Lipinski definition) is 2. The predicted octanol–water partition coefficient (Wildman–Crippen LogP) is 0.986. The van der Waals surface area contributed by atoms with E-state index in [2.05, 4.69) is 56.1 Å². The molecule has 134 valence electrons. The van der Waals surface area contributed by atoms with Gasteiger partial charge >= 0.3 is 0 Å². The zero-order chi connectivity index (χ0) is 17.2. The van der Waals surface area contributed by atoms with Crippen LogP contribution in [0.25, 0.3) is 0 Å².